The molecular weight excluding hydrogens is 470 g/mol. The predicted molar refractivity (Wildman–Crippen MR) is 142 cm³/mol. The number of rotatable bonds is 10. The summed E-state index contributed by atoms with van der Waals surface area (Å²) in [5.74, 6) is 0.145. The lowest BCUT2D eigenvalue weighted by Gasteiger charge is -2.17. The number of pyridine rings is 1. The molecule has 3 aromatic heterocycles. The normalized spacial score (nSPS) is 14.6. The number of benzene rings is 1. The molecule has 1 aliphatic carbocycles. The highest BCUT2D eigenvalue weighted by molar-refractivity contribution is 5.88. The van der Waals surface area contributed by atoms with Crippen molar-refractivity contribution >= 4 is 28.9 Å². The maximum Gasteiger partial charge on any atom is 0.335 e. The van der Waals surface area contributed by atoms with Gasteiger partial charge in [0, 0.05) is 24.3 Å². The molecule has 0 spiro atoms. The zero-order valence-electron chi connectivity index (χ0n) is 20.8. The molecule has 4 aromatic rings. The molecule has 0 unspecified atom stereocenters. The van der Waals surface area contributed by atoms with E-state index < -0.39 is 5.97 Å². The average Bonchev–Trinajstić information content (AvgIpc) is 3.61. The molecule has 10 heteroatoms. The van der Waals surface area contributed by atoms with E-state index in [0.29, 0.717) is 24.4 Å². The summed E-state index contributed by atoms with van der Waals surface area (Å²) in [6.07, 6.45) is 9.06. The molecule has 0 saturated heterocycles. The highest BCUT2D eigenvalue weighted by Gasteiger charge is 2.22. The van der Waals surface area contributed by atoms with Gasteiger partial charge in [0.1, 0.15) is 0 Å². The number of aliphatic hydroxyl groups is 1. The van der Waals surface area contributed by atoms with Crippen molar-refractivity contribution in [2.75, 3.05) is 17.2 Å². The number of hydrogen-bond donors (Lipinski definition) is 4. The Kier molecular flexibility index (Phi) is 7.27. The summed E-state index contributed by atoms with van der Waals surface area (Å²) < 4.78 is 2.16. The van der Waals surface area contributed by atoms with E-state index in [9.17, 15) is 9.90 Å². The first-order valence-electron chi connectivity index (χ1n) is 12.7. The van der Waals surface area contributed by atoms with Crippen molar-refractivity contribution in [2.45, 2.75) is 57.7 Å². The molecule has 1 aromatic carbocycles. The minimum Gasteiger partial charge on any atom is -0.478 e. The van der Waals surface area contributed by atoms with Gasteiger partial charge in [-0.2, -0.15) is 9.97 Å². The Bertz CT molecular complexity index is 1360. The van der Waals surface area contributed by atoms with Crippen molar-refractivity contribution in [2.24, 2.45) is 0 Å². The Labute approximate surface area is 214 Å². The second kappa shape index (κ2) is 10.9. The minimum atomic E-state index is -0.951. The molecule has 1 saturated carbocycles. The largest absolute Gasteiger partial charge is 0.478 e. The molecule has 1 atom stereocenters. The van der Waals surface area contributed by atoms with Gasteiger partial charge < -0.3 is 25.4 Å². The number of aromatic carboxylic acids is 1. The van der Waals surface area contributed by atoms with Crippen LogP contribution in [-0.4, -0.2) is 53.3 Å². The number of fused-ring (bicyclic) bond motifs is 1. The van der Waals surface area contributed by atoms with Gasteiger partial charge in [-0.05, 0) is 43.0 Å². The van der Waals surface area contributed by atoms with Gasteiger partial charge in [0.2, 0.25) is 5.95 Å². The first kappa shape index (κ1) is 24.6. The van der Waals surface area contributed by atoms with Crippen molar-refractivity contribution in [3.8, 4) is 11.3 Å². The van der Waals surface area contributed by atoms with Crippen molar-refractivity contribution in [3.05, 3.63) is 60.0 Å². The summed E-state index contributed by atoms with van der Waals surface area (Å²) >= 11 is 0. The van der Waals surface area contributed by atoms with Crippen LogP contribution < -0.4 is 10.6 Å². The maximum atomic E-state index is 11.1. The third-order valence-electron chi connectivity index (χ3n) is 6.90. The Morgan fingerprint density at radius 3 is 2.54 bits per heavy atom. The number of carboxylic acid groups (broad SMARTS) is 1. The smallest absolute Gasteiger partial charge is 0.335 e. The monoisotopic (exact) mass is 501 g/mol. The molecule has 1 fully saturated rings. The Morgan fingerprint density at radius 1 is 1.11 bits per heavy atom. The first-order valence-corrected chi connectivity index (χ1v) is 12.7. The lowest BCUT2D eigenvalue weighted by Crippen LogP contribution is -2.24. The van der Waals surface area contributed by atoms with Gasteiger partial charge in [-0.15, -0.1) is 0 Å². The average molecular weight is 502 g/mol. The van der Waals surface area contributed by atoms with E-state index in [-0.39, 0.29) is 18.2 Å². The van der Waals surface area contributed by atoms with Crippen LogP contribution in [0.25, 0.3) is 22.4 Å². The quantitative estimate of drug-likeness (QED) is 0.247. The summed E-state index contributed by atoms with van der Waals surface area (Å²) in [7, 11) is 0. The van der Waals surface area contributed by atoms with E-state index in [2.05, 4.69) is 25.2 Å². The van der Waals surface area contributed by atoms with Crippen molar-refractivity contribution < 1.29 is 15.0 Å². The molecule has 3 heterocycles. The lowest BCUT2D eigenvalue weighted by molar-refractivity contribution is 0.0697. The second-order valence-corrected chi connectivity index (χ2v) is 9.38. The van der Waals surface area contributed by atoms with Crippen LogP contribution in [0.3, 0.4) is 0 Å². The van der Waals surface area contributed by atoms with Crippen molar-refractivity contribution in [3.63, 3.8) is 0 Å². The van der Waals surface area contributed by atoms with Gasteiger partial charge >= 0.3 is 5.97 Å². The fraction of sp³-hybridized carbons (Fsp3) is 0.370. The van der Waals surface area contributed by atoms with E-state index in [1.807, 2.05) is 25.4 Å². The van der Waals surface area contributed by atoms with Crippen LogP contribution in [0.2, 0.25) is 0 Å². The van der Waals surface area contributed by atoms with Gasteiger partial charge in [-0.3, -0.25) is 4.98 Å². The number of nitrogens with one attached hydrogen (secondary N) is 2. The predicted octanol–water partition coefficient (Wildman–Crippen LogP) is 4.50. The third kappa shape index (κ3) is 5.39. The molecule has 0 bridgehead atoms. The Hall–Kier alpha value is -4.05. The van der Waals surface area contributed by atoms with Crippen molar-refractivity contribution in [1.82, 2.24) is 24.5 Å². The van der Waals surface area contributed by atoms with Crippen LogP contribution in [0.4, 0.5) is 11.8 Å². The van der Waals surface area contributed by atoms with Gasteiger partial charge in [0.25, 0.3) is 0 Å². The zero-order chi connectivity index (χ0) is 25.8. The summed E-state index contributed by atoms with van der Waals surface area (Å²) in [5.41, 5.74) is 4.33. The van der Waals surface area contributed by atoms with Crippen LogP contribution in [0, 0.1) is 0 Å². The molecular formula is C27H31N7O3. The number of carbonyl (C=O) groups is 1. The standard InChI is InChI=1S/C27H31N7O3/c1-2-20(15-35)31-27-32-24(23-25(33-27)34(16-30-23)21-5-3-4-6-21)29-14-17-7-12-22(28-13-17)18-8-10-19(11-9-18)26(36)37/h7-13,16,20-21,35H,2-6,14-15H2,1H3,(H,36,37)(H2,29,31,32,33)/t20-/m1/s1. The van der Waals surface area contributed by atoms with Crippen LogP contribution >= 0.6 is 0 Å². The minimum absolute atomic E-state index is 0.000398. The fourth-order valence-electron chi connectivity index (χ4n) is 4.68. The molecule has 37 heavy (non-hydrogen) atoms. The highest BCUT2D eigenvalue weighted by Crippen LogP contribution is 2.33. The van der Waals surface area contributed by atoms with E-state index in [1.165, 1.54) is 12.8 Å². The van der Waals surface area contributed by atoms with Crippen LogP contribution in [0.1, 0.15) is 61.0 Å². The zero-order valence-corrected chi connectivity index (χ0v) is 20.8. The molecule has 192 valence electrons. The molecule has 0 aliphatic heterocycles. The SMILES string of the molecule is CC[C@H](CO)Nc1nc(NCc2ccc(-c3ccc(C(=O)O)cc3)nc2)c2ncn(C3CCCC3)c2n1. The van der Waals surface area contributed by atoms with Crippen LogP contribution in [0.15, 0.2) is 48.9 Å². The van der Waals surface area contributed by atoms with E-state index in [4.69, 9.17) is 15.1 Å². The van der Waals surface area contributed by atoms with Gasteiger partial charge in [0.05, 0.1) is 30.2 Å². The number of aliphatic hydroxyl groups excluding tert-OH is 1. The van der Waals surface area contributed by atoms with E-state index >= 15 is 0 Å². The first-order chi connectivity index (χ1) is 18.1. The summed E-state index contributed by atoms with van der Waals surface area (Å²) in [6, 6.07) is 10.8. The molecule has 0 radical (unpaired) electrons. The molecule has 0 amide bonds. The second-order valence-electron chi connectivity index (χ2n) is 9.38. The Balaban J connectivity index is 1.37. The maximum absolute atomic E-state index is 11.1. The summed E-state index contributed by atoms with van der Waals surface area (Å²) in [5, 5.41) is 25.4. The van der Waals surface area contributed by atoms with Crippen LogP contribution in [0.5, 0.6) is 0 Å². The number of imidazole rings is 1. The number of hydrogen-bond acceptors (Lipinski definition) is 8. The van der Waals surface area contributed by atoms with E-state index in [1.54, 1.807) is 30.5 Å². The molecule has 5 rings (SSSR count). The lowest BCUT2D eigenvalue weighted by atomic mass is 10.1. The third-order valence-corrected chi connectivity index (χ3v) is 6.90. The highest BCUT2D eigenvalue weighted by atomic mass is 16.4. The molecule has 10 nitrogen and oxygen atoms in total. The fourth-order valence-corrected chi connectivity index (χ4v) is 4.68. The van der Waals surface area contributed by atoms with Crippen molar-refractivity contribution in [1.29, 1.82) is 0 Å². The van der Waals surface area contributed by atoms with Gasteiger partial charge in [-0.1, -0.05) is 38.0 Å². The number of aromatic nitrogens is 5. The molecule has 1 aliphatic rings. The summed E-state index contributed by atoms with van der Waals surface area (Å²) in [4.78, 5) is 29.7. The van der Waals surface area contributed by atoms with E-state index in [0.717, 1.165) is 47.2 Å². The van der Waals surface area contributed by atoms with Gasteiger partial charge in [0.15, 0.2) is 17.0 Å². The molecule has 4 N–H and O–H groups in total. The number of carboxylic acids is 1. The van der Waals surface area contributed by atoms with Crippen LogP contribution in [-0.2, 0) is 6.54 Å². The van der Waals surface area contributed by atoms with Gasteiger partial charge in [-0.25, -0.2) is 9.78 Å². The topological polar surface area (TPSA) is 138 Å². The summed E-state index contributed by atoms with van der Waals surface area (Å²) in [6.45, 7) is 2.50. The Morgan fingerprint density at radius 2 is 1.89 bits per heavy atom. The number of anilines is 2. The number of nitrogens with zero attached hydrogens (tertiary/aromatic N) is 5.